The molecule has 2 aromatic carbocycles. The lowest BCUT2D eigenvalue weighted by atomic mass is 9.90. The standard InChI is InChI=1S/C25H31NO/c1-3-4-5-12-17-22-23-18-19-25(2,21-15-10-7-11-16-21)26(23)27-24(22)20-13-8-6-9-14-20/h6-11,13-17,23-24H,3-5,12,18-19H2,1-2H3/b22-17-/t23-,24-,25+/m0/s1. The van der Waals surface area contributed by atoms with Gasteiger partial charge in [0.2, 0.25) is 0 Å². The molecule has 2 aliphatic rings. The summed E-state index contributed by atoms with van der Waals surface area (Å²) in [6.45, 7) is 4.60. The van der Waals surface area contributed by atoms with E-state index in [9.17, 15) is 0 Å². The lowest BCUT2D eigenvalue weighted by Crippen LogP contribution is -2.39. The van der Waals surface area contributed by atoms with Gasteiger partial charge >= 0.3 is 0 Å². The van der Waals surface area contributed by atoms with Crippen LogP contribution in [0.1, 0.15) is 69.6 Å². The molecule has 0 aliphatic carbocycles. The van der Waals surface area contributed by atoms with E-state index in [0.29, 0.717) is 6.04 Å². The molecular weight excluding hydrogens is 330 g/mol. The summed E-state index contributed by atoms with van der Waals surface area (Å²) in [4.78, 5) is 6.68. The maximum absolute atomic E-state index is 6.68. The van der Waals surface area contributed by atoms with Gasteiger partial charge in [-0.1, -0.05) is 86.5 Å². The molecule has 2 heterocycles. The summed E-state index contributed by atoms with van der Waals surface area (Å²) >= 11 is 0. The summed E-state index contributed by atoms with van der Waals surface area (Å²) < 4.78 is 0. The molecule has 2 aliphatic heterocycles. The van der Waals surface area contributed by atoms with Crippen LogP contribution in [0, 0.1) is 0 Å². The van der Waals surface area contributed by atoms with Crippen molar-refractivity contribution in [3.05, 3.63) is 83.4 Å². The van der Waals surface area contributed by atoms with E-state index in [1.165, 1.54) is 36.0 Å². The molecule has 2 nitrogen and oxygen atoms in total. The van der Waals surface area contributed by atoms with Crippen molar-refractivity contribution in [3.8, 4) is 0 Å². The fourth-order valence-corrected chi connectivity index (χ4v) is 4.69. The number of unbranched alkanes of at least 4 members (excludes halogenated alkanes) is 3. The van der Waals surface area contributed by atoms with Crippen molar-refractivity contribution in [2.75, 3.05) is 0 Å². The van der Waals surface area contributed by atoms with Gasteiger partial charge in [0.25, 0.3) is 0 Å². The first kappa shape index (κ1) is 18.5. The summed E-state index contributed by atoms with van der Waals surface area (Å²) in [5, 5.41) is 2.31. The maximum atomic E-state index is 6.68. The molecule has 0 amide bonds. The predicted octanol–water partition coefficient (Wildman–Crippen LogP) is 6.56. The zero-order chi connectivity index (χ0) is 18.7. The molecule has 2 heteroatoms. The van der Waals surface area contributed by atoms with Gasteiger partial charge in [-0.05, 0) is 49.3 Å². The van der Waals surface area contributed by atoms with Gasteiger partial charge in [-0.25, -0.2) is 0 Å². The van der Waals surface area contributed by atoms with Crippen LogP contribution in [0.15, 0.2) is 72.3 Å². The van der Waals surface area contributed by atoms with Crippen molar-refractivity contribution in [2.45, 2.75) is 70.1 Å². The van der Waals surface area contributed by atoms with Gasteiger partial charge in [0.05, 0.1) is 11.6 Å². The summed E-state index contributed by atoms with van der Waals surface area (Å²) in [6, 6.07) is 22.0. The van der Waals surface area contributed by atoms with Crippen LogP contribution in [0.25, 0.3) is 0 Å². The average molecular weight is 362 g/mol. The van der Waals surface area contributed by atoms with E-state index in [-0.39, 0.29) is 11.6 Å². The van der Waals surface area contributed by atoms with Gasteiger partial charge in [0.15, 0.2) is 0 Å². The van der Waals surface area contributed by atoms with Gasteiger partial charge in [0.1, 0.15) is 6.10 Å². The average Bonchev–Trinajstić information content (AvgIpc) is 3.25. The van der Waals surface area contributed by atoms with Gasteiger partial charge in [-0.15, -0.1) is 0 Å². The SMILES string of the molecule is CCCCC/C=C1\[C@H](c2ccccc2)ON2[C@H]1CC[C@]2(C)c1ccccc1. The minimum Gasteiger partial charge on any atom is -0.285 e. The van der Waals surface area contributed by atoms with Crippen LogP contribution in [-0.4, -0.2) is 11.1 Å². The number of hydrogen-bond acceptors (Lipinski definition) is 2. The first-order valence-corrected chi connectivity index (χ1v) is 10.5. The second-order valence-corrected chi connectivity index (χ2v) is 8.12. The van der Waals surface area contributed by atoms with E-state index in [4.69, 9.17) is 4.84 Å². The monoisotopic (exact) mass is 361 g/mol. The lowest BCUT2D eigenvalue weighted by molar-refractivity contribution is -0.207. The fourth-order valence-electron chi connectivity index (χ4n) is 4.69. The van der Waals surface area contributed by atoms with Gasteiger partial charge in [-0.3, -0.25) is 4.84 Å². The van der Waals surface area contributed by atoms with E-state index in [1.807, 2.05) is 0 Å². The summed E-state index contributed by atoms with van der Waals surface area (Å²) in [7, 11) is 0. The second kappa shape index (κ2) is 8.00. The third kappa shape index (κ3) is 3.49. The molecule has 0 radical (unpaired) electrons. The number of hydroxylamine groups is 2. The largest absolute Gasteiger partial charge is 0.285 e. The zero-order valence-electron chi connectivity index (χ0n) is 16.6. The molecule has 0 saturated carbocycles. The first-order chi connectivity index (χ1) is 13.2. The predicted molar refractivity (Wildman–Crippen MR) is 111 cm³/mol. The van der Waals surface area contributed by atoms with Crippen molar-refractivity contribution in [2.24, 2.45) is 0 Å². The number of allylic oxidation sites excluding steroid dienone is 1. The molecular formula is C25H31NO. The van der Waals surface area contributed by atoms with Crippen molar-refractivity contribution in [1.29, 1.82) is 0 Å². The van der Waals surface area contributed by atoms with Crippen LogP contribution in [-0.2, 0) is 10.4 Å². The van der Waals surface area contributed by atoms with Gasteiger partial charge < -0.3 is 0 Å². The van der Waals surface area contributed by atoms with Gasteiger partial charge in [0, 0.05) is 0 Å². The molecule has 2 saturated heterocycles. The smallest absolute Gasteiger partial charge is 0.127 e. The Balaban J connectivity index is 1.65. The van der Waals surface area contributed by atoms with Crippen LogP contribution in [0.3, 0.4) is 0 Å². The Morgan fingerprint density at radius 3 is 2.44 bits per heavy atom. The summed E-state index contributed by atoms with van der Waals surface area (Å²) in [5.74, 6) is 0. The quantitative estimate of drug-likeness (QED) is 0.427. The Bertz CT molecular complexity index is 769. The molecule has 27 heavy (non-hydrogen) atoms. The molecule has 2 aromatic rings. The molecule has 0 unspecified atom stereocenters. The lowest BCUT2D eigenvalue weighted by Gasteiger charge is -2.34. The zero-order valence-corrected chi connectivity index (χ0v) is 16.6. The molecule has 0 N–H and O–H groups in total. The Labute approximate surface area is 163 Å². The van der Waals surface area contributed by atoms with Crippen molar-refractivity contribution in [1.82, 2.24) is 5.06 Å². The third-order valence-electron chi connectivity index (χ3n) is 6.27. The van der Waals surface area contributed by atoms with Crippen molar-refractivity contribution in [3.63, 3.8) is 0 Å². The molecule has 2 fully saturated rings. The Kier molecular flexibility index (Phi) is 5.47. The van der Waals surface area contributed by atoms with Crippen LogP contribution in [0.2, 0.25) is 0 Å². The molecule has 0 aromatic heterocycles. The van der Waals surface area contributed by atoms with E-state index >= 15 is 0 Å². The Morgan fingerprint density at radius 2 is 1.74 bits per heavy atom. The molecule has 4 rings (SSSR count). The number of nitrogens with zero attached hydrogens (tertiary/aromatic N) is 1. The highest BCUT2D eigenvalue weighted by atomic mass is 16.7. The highest BCUT2D eigenvalue weighted by Crippen LogP contribution is 2.52. The van der Waals surface area contributed by atoms with Crippen LogP contribution < -0.4 is 0 Å². The van der Waals surface area contributed by atoms with E-state index in [2.05, 4.69) is 85.7 Å². The second-order valence-electron chi connectivity index (χ2n) is 8.12. The number of rotatable bonds is 6. The minimum absolute atomic E-state index is 0.0566. The summed E-state index contributed by atoms with van der Waals surface area (Å²) in [6.07, 6.45) is 9.83. The topological polar surface area (TPSA) is 12.5 Å². The van der Waals surface area contributed by atoms with Gasteiger partial charge in [-0.2, -0.15) is 5.06 Å². The Morgan fingerprint density at radius 1 is 1.04 bits per heavy atom. The highest BCUT2D eigenvalue weighted by Gasteiger charge is 2.53. The first-order valence-electron chi connectivity index (χ1n) is 10.5. The van der Waals surface area contributed by atoms with Crippen LogP contribution in [0.5, 0.6) is 0 Å². The normalized spacial score (nSPS) is 29.3. The third-order valence-corrected chi connectivity index (χ3v) is 6.27. The molecule has 3 atom stereocenters. The van der Waals surface area contributed by atoms with Crippen molar-refractivity contribution < 1.29 is 4.84 Å². The van der Waals surface area contributed by atoms with E-state index in [1.54, 1.807) is 0 Å². The van der Waals surface area contributed by atoms with Crippen LogP contribution in [0.4, 0.5) is 0 Å². The van der Waals surface area contributed by atoms with Crippen molar-refractivity contribution >= 4 is 0 Å². The number of benzene rings is 2. The van der Waals surface area contributed by atoms with Crippen LogP contribution >= 0.6 is 0 Å². The number of fused-ring (bicyclic) bond motifs is 1. The fraction of sp³-hybridized carbons (Fsp3) is 0.440. The van der Waals surface area contributed by atoms with E-state index in [0.717, 1.165) is 19.3 Å². The Hall–Kier alpha value is -1.90. The molecule has 0 spiro atoms. The minimum atomic E-state index is -0.0576. The summed E-state index contributed by atoms with van der Waals surface area (Å²) in [5.41, 5.74) is 4.03. The highest BCUT2D eigenvalue weighted by molar-refractivity contribution is 5.35. The number of hydrogen-bond donors (Lipinski definition) is 0. The molecule has 0 bridgehead atoms. The molecule has 142 valence electrons. The van der Waals surface area contributed by atoms with E-state index < -0.39 is 0 Å². The maximum Gasteiger partial charge on any atom is 0.127 e.